The van der Waals surface area contributed by atoms with E-state index in [1.54, 1.807) is 22.7 Å². The van der Waals surface area contributed by atoms with E-state index in [-0.39, 0.29) is 5.56 Å². The van der Waals surface area contributed by atoms with Gasteiger partial charge in [0.1, 0.15) is 5.82 Å². The van der Waals surface area contributed by atoms with E-state index in [9.17, 15) is 4.79 Å². The van der Waals surface area contributed by atoms with Crippen molar-refractivity contribution in [2.24, 2.45) is 5.73 Å². The summed E-state index contributed by atoms with van der Waals surface area (Å²) in [5.74, 6) is 0.969. The molecule has 0 radical (unpaired) electrons. The Hall–Kier alpha value is -3.85. The lowest BCUT2D eigenvalue weighted by Crippen LogP contribution is -2.12. The first kappa shape index (κ1) is 17.3. The minimum Gasteiger partial charge on any atom is -0.370 e. The molecule has 1 amide bonds. The molecule has 3 N–H and O–H groups in total. The molecule has 0 bridgehead atoms. The first-order valence-corrected chi connectivity index (χ1v) is 9.10. The first-order chi connectivity index (χ1) is 14.2. The average Bonchev–Trinajstić information content (AvgIpc) is 3.39. The highest BCUT2D eigenvalue weighted by molar-refractivity contribution is 5.98. The maximum absolute atomic E-state index is 11.7. The zero-order chi connectivity index (χ0) is 19.8. The Balaban J connectivity index is 1.57. The second-order valence-electron chi connectivity index (χ2n) is 6.66. The van der Waals surface area contributed by atoms with E-state index in [0.717, 1.165) is 16.8 Å². The SMILES string of the molecule is NC(=O)c1cccn2c(-c3nc4c(c(NCc5ccccc5)n3)COC4)nnc12. The summed E-state index contributed by atoms with van der Waals surface area (Å²) in [4.78, 5) is 21.0. The molecule has 1 aliphatic rings. The summed E-state index contributed by atoms with van der Waals surface area (Å²) in [6.45, 7) is 1.49. The van der Waals surface area contributed by atoms with Crippen molar-refractivity contribution in [1.29, 1.82) is 0 Å². The van der Waals surface area contributed by atoms with Crippen LogP contribution in [0.1, 0.15) is 27.2 Å². The van der Waals surface area contributed by atoms with Crippen LogP contribution in [-0.2, 0) is 24.5 Å². The summed E-state index contributed by atoms with van der Waals surface area (Å²) >= 11 is 0. The smallest absolute Gasteiger partial charge is 0.252 e. The van der Waals surface area contributed by atoms with E-state index in [1.807, 2.05) is 30.3 Å². The molecule has 0 spiro atoms. The lowest BCUT2D eigenvalue weighted by molar-refractivity contribution is 0.100. The number of carbonyl (C=O) groups is 1. The number of hydrogen-bond acceptors (Lipinski definition) is 7. The van der Waals surface area contributed by atoms with E-state index in [1.165, 1.54) is 0 Å². The average molecular weight is 387 g/mol. The summed E-state index contributed by atoms with van der Waals surface area (Å²) in [6.07, 6.45) is 1.75. The van der Waals surface area contributed by atoms with Gasteiger partial charge >= 0.3 is 0 Å². The molecule has 0 aliphatic carbocycles. The molecule has 0 saturated heterocycles. The topological polar surface area (TPSA) is 120 Å². The number of rotatable bonds is 5. The number of anilines is 1. The van der Waals surface area contributed by atoms with Gasteiger partial charge in [0.05, 0.1) is 24.5 Å². The van der Waals surface area contributed by atoms with Crippen LogP contribution in [0.5, 0.6) is 0 Å². The van der Waals surface area contributed by atoms with E-state index in [4.69, 9.17) is 10.5 Å². The van der Waals surface area contributed by atoms with Gasteiger partial charge in [0, 0.05) is 18.3 Å². The van der Waals surface area contributed by atoms with Gasteiger partial charge in [0.2, 0.25) is 11.6 Å². The highest BCUT2D eigenvalue weighted by atomic mass is 16.5. The van der Waals surface area contributed by atoms with Crippen molar-refractivity contribution in [3.63, 3.8) is 0 Å². The monoisotopic (exact) mass is 387 g/mol. The van der Waals surface area contributed by atoms with E-state index < -0.39 is 5.91 Å². The van der Waals surface area contributed by atoms with Crippen LogP contribution in [-0.4, -0.2) is 30.5 Å². The highest BCUT2D eigenvalue weighted by Gasteiger charge is 2.23. The van der Waals surface area contributed by atoms with Crippen molar-refractivity contribution >= 4 is 17.4 Å². The fraction of sp³-hybridized carbons (Fsp3) is 0.150. The number of hydrogen-bond donors (Lipinski definition) is 2. The third-order valence-corrected chi connectivity index (χ3v) is 4.78. The summed E-state index contributed by atoms with van der Waals surface area (Å²) < 4.78 is 7.24. The predicted octanol–water partition coefficient (Wildman–Crippen LogP) is 1.93. The Morgan fingerprint density at radius 1 is 1.10 bits per heavy atom. The van der Waals surface area contributed by atoms with Gasteiger partial charge in [0.25, 0.3) is 5.91 Å². The Kier molecular flexibility index (Phi) is 4.14. The first-order valence-electron chi connectivity index (χ1n) is 9.10. The highest BCUT2D eigenvalue weighted by Crippen LogP contribution is 2.28. The number of primary amides is 1. The van der Waals surface area contributed by atoms with Gasteiger partial charge in [-0.3, -0.25) is 9.20 Å². The lowest BCUT2D eigenvalue weighted by atomic mass is 10.2. The number of carbonyl (C=O) groups excluding carboxylic acids is 1. The molecule has 0 fully saturated rings. The van der Waals surface area contributed by atoms with Crippen LogP contribution in [0.25, 0.3) is 17.3 Å². The molecule has 1 aliphatic heterocycles. The van der Waals surface area contributed by atoms with Crippen molar-refractivity contribution in [2.45, 2.75) is 19.8 Å². The zero-order valence-electron chi connectivity index (χ0n) is 15.4. The van der Waals surface area contributed by atoms with Gasteiger partial charge in [0.15, 0.2) is 5.65 Å². The Morgan fingerprint density at radius 2 is 1.97 bits per heavy atom. The number of nitrogens with zero attached hydrogens (tertiary/aromatic N) is 5. The minimum atomic E-state index is -0.567. The standard InChI is InChI=1S/C20H17N7O2/c21-16(28)13-7-4-8-27-19(13)25-26-20(27)18-23-15-11-29-10-14(15)17(24-18)22-9-12-5-2-1-3-6-12/h1-8H,9-11H2,(H2,21,28)(H,22,23,24). The van der Waals surface area contributed by atoms with E-state index in [0.29, 0.717) is 42.9 Å². The third kappa shape index (κ3) is 3.07. The van der Waals surface area contributed by atoms with Crippen LogP contribution < -0.4 is 11.1 Å². The van der Waals surface area contributed by atoms with Crippen molar-refractivity contribution in [3.8, 4) is 11.6 Å². The normalized spacial score (nSPS) is 12.8. The van der Waals surface area contributed by atoms with E-state index in [2.05, 4.69) is 25.5 Å². The van der Waals surface area contributed by atoms with Crippen molar-refractivity contribution in [1.82, 2.24) is 24.6 Å². The lowest BCUT2D eigenvalue weighted by Gasteiger charge is -2.11. The summed E-state index contributed by atoms with van der Waals surface area (Å²) in [6, 6.07) is 13.4. The molecular formula is C20H17N7O2. The molecular weight excluding hydrogens is 370 g/mol. The second-order valence-corrected chi connectivity index (χ2v) is 6.66. The van der Waals surface area contributed by atoms with Gasteiger partial charge in [-0.05, 0) is 17.7 Å². The summed E-state index contributed by atoms with van der Waals surface area (Å²) in [5, 5.41) is 11.7. The Labute approximate surface area is 165 Å². The molecule has 144 valence electrons. The summed E-state index contributed by atoms with van der Waals surface area (Å²) in [7, 11) is 0. The maximum Gasteiger partial charge on any atom is 0.252 e. The quantitative estimate of drug-likeness (QED) is 0.537. The number of nitrogens with one attached hydrogen (secondary N) is 1. The second kappa shape index (κ2) is 6.95. The minimum absolute atomic E-state index is 0.290. The van der Waals surface area contributed by atoms with Crippen molar-refractivity contribution in [2.75, 3.05) is 5.32 Å². The van der Waals surface area contributed by atoms with Gasteiger partial charge in [-0.15, -0.1) is 10.2 Å². The van der Waals surface area contributed by atoms with Crippen LogP contribution >= 0.6 is 0 Å². The zero-order valence-corrected chi connectivity index (χ0v) is 15.4. The molecule has 0 unspecified atom stereocenters. The largest absolute Gasteiger partial charge is 0.370 e. The molecule has 4 heterocycles. The van der Waals surface area contributed by atoms with Crippen LogP contribution in [0.4, 0.5) is 5.82 Å². The van der Waals surface area contributed by atoms with Crippen LogP contribution in [0.3, 0.4) is 0 Å². The maximum atomic E-state index is 11.7. The Bertz CT molecular complexity index is 1220. The van der Waals surface area contributed by atoms with Crippen LogP contribution in [0.2, 0.25) is 0 Å². The molecule has 9 nitrogen and oxygen atoms in total. The molecule has 29 heavy (non-hydrogen) atoms. The molecule has 0 atom stereocenters. The summed E-state index contributed by atoms with van der Waals surface area (Å²) in [5.41, 5.74) is 8.99. The van der Waals surface area contributed by atoms with Gasteiger partial charge < -0.3 is 15.8 Å². The predicted molar refractivity (Wildman–Crippen MR) is 105 cm³/mol. The molecule has 4 aromatic rings. The number of fused-ring (bicyclic) bond motifs is 2. The number of benzene rings is 1. The fourth-order valence-electron chi connectivity index (χ4n) is 3.34. The van der Waals surface area contributed by atoms with Crippen LogP contribution in [0, 0.1) is 0 Å². The molecule has 1 aromatic carbocycles. The molecule has 0 saturated carbocycles. The number of amides is 1. The Morgan fingerprint density at radius 3 is 2.79 bits per heavy atom. The van der Waals surface area contributed by atoms with Crippen LogP contribution in [0.15, 0.2) is 48.7 Å². The number of ether oxygens (including phenoxy) is 1. The number of aromatic nitrogens is 5. The number of nitrogens with two attached hydrogens (primary N) is 1. The fourth-order valence-corrected chi connectivity index (χ4v) is 3.34. The van der Waals surface area contributed by atoms with Crippen molar-refractivity contribution < 1.29 is 9.53 Å². The molecule has 9 heteroatoms. The molecule has 5 rings (SSSR count). The number of pyridine rings is 1. The van der Waals surface area contributed by atoms with E-state index >= 15 is 0 Å². The molecule has 3 aromatic heterocycles. The van der Waals surface area contributed by atoms with Gasteiger partial charge in [-0.1, -0.05) is 30.3 Å². The van der Waals surface area contributed by atoms with Crippen molar-refractivity contribution in [3.05, 3.63) is 71.0 Å². The van der Waals surface area contributed by atoms with Gasteiger partial charge in [-0.25, -0.2) is 9.97 Å². The third-order valence-electron chi connectivity index (χ3n) is 4.78. The van der Waals surface area contributed by atoms with Gasteiger partial charge in [-0.2, -0.15) is 0 Å².